The van der Waals surface area contributed by atoms with Crippen molar-refractivity contribution >= 4 is 40.0 Å². The molecule has 238 valence electrons. The van der Waals surface area contributed by atoms with E-state index in [1.54, 1.807) is 0 Å². The van der Waals surface area contributed by atoms with Gasteiger partial charge in [0, 0.05) is 44.3 Å². The third kappa shape index (κ3) is 5.26. The molecule has 1 unspecified atom stereocenters. The molecule has 1 atom stereocenters. The molecule has 0 amide bonds. The second-order valence-corrected chi connectivity index (χ2v) is 12.6. The highest BCUT2D eigenvalue weighted by Gasteiger charge is 2.29. The Balaban J connectivity index is 1.38. The van der Waals surface area contributed by atoms with Crippen LogP contribution in [0.25, 0.3) is 22.3 Å². The van der Waals surface area contributed by atoms with Crippen LogP contribution in [-0.2, 0) is 0 Å². The number of aliphatic imine (C=N–C) groups is 2. The van der Waals surface area contributed by atoms with E-state index < -0.39 is 0 Å². The number of nitrogens with zero attached hydrogens (tertiary/aromatic N) is 2. The maximum Gasteiger partial charge on any atom is 0.150 e. The van der Waals surface area contributed by atoms with E-state index in [9.17, 15) is 4.79 Å². The lowest BCUT2D eigenvalue weighted by Gasteiger charge is -2.21. The predicted molar refractivity (Wildman–Crippen MR) is 203 cm³/mol. The highest BCUT2D eigenvalue weighted by atomic mass is 16.1. The summed E-state index contributed by atoms with van der Waals surface area (Å²) >= 11 is 0. The molecule has 4 aliphatic rings. The molecule has 0 radical (unpaired) electrons. The van der Waals surface area contributed by atoms with Crippen molar-refractivity contribution in [3.05, 3.63) is 213 Å². The fraction of sp³-hybridized carbons (Fsp3) is 0.0444. The summed E-state index contributed by atoms with van der Waals surface area (Å²) in [6.45, 7) is 0. The average Bonchev–Trinajstić information content (AvgIpc) is 4.01. The van der Waals surface area contributed by atoms with Crippen LogP contribution < -0.4 is 16.0 Å². The van der Waals surface area contributed by atoms with Crippen LogP contribution in [0.4, 0.5) is 0 Å². The van der Waals surface area contributed by atoms with E-state index in [0.29, 0.717) is 5.56 Å². The summed E-state index contributed by atoms with van der Waals surface area (Å²) in [5, 5.41) is 5.80. The van der Waals surface area contributed by atoms with Crippen LogP contribution in [0, 0.1) is 0 Å². The molecule has 1 aromatic heterocycles. The molecule has 5 aromatic rings. The zero-order valence-corrected chi connectivity index (χ0v) is 27.2. The minimum absolute atomic E-state index is 0.00641. The predicted octanol–water partition coefficient (Wildman–Crippen LogP) is 7.33. The molecule has 4 aliphatic heterocycles. The van der Waals surface area contributed by atoms with Crippen molar-refractivity contribution in [3.8, 4) is 0 Å². The van der Waals surface area contributed by atoms with Gasteiger partial charge in [-0.25, -0.2) is 9.98 Å². The van der Waals surface area contributed by atoms with Crippen LogP contribution in [0.5, 0.6) is 0 Å². The number of rotatable bonds is 5. The molecule has 2 N–H and O–H groups in total. The van der Waals surface area contributed by atoms with Gasteiger partial charge < -0.3 is 10.3 Å². The Morgan fingerprint density at radius 1 is 0.540 bits per heavy atom. The van der Waals surface area contributed by atoms with Crippen LogP contribution >= 0.6 is 0 Å². The number of allylic oxidation sites excluding steroid dienone is 5. The minimum atomic E-state index is 0.00641. The van der Waals surface area contributed by atoms with Gasteiger partial charge in [0.2, 0.25) is 0 Å². The Hall–Kier alpha value is -6.59. The van der Waals surface area contributed by atoms with Crippen LogP contribution in [0.1, 0.15) is 39.0 Å². The number of fused-ring (bicyclic) bond motifs is 6. The summed E-state index contributed by atoms with van der Waals surface area (Å²) in [6, 6.07) is 43.4. The summed E-state index contributed by atoms with van der Waals surface area (Å²) in [4.78, 5) is 26.1. The van der Waals surface area contributed by atoms with Crippen LogP contribution in [0.3, 0.4) is 0 Å². The van der Waals surface area contributed by atoms with Crippen molar-refractivity contribution in [2.75, 3.05) is 0 Å². The summed E-state index contributed by atoms with van der Waals surface area (Å²) in [7, 11) is 0. The highest BCUT2D eigenvalue weighted by Crippen LogP contribution is 2.38. The summed E-state index contributed by atoms with van der Waals surface area (Å²) in [6.07, 6.45) is 12.5. The van der Waals surface area contributed by atoms with Crippen molar-refractivity contribution in [3.63, 3.8) is 0 Å². The zero-order chi connectivity index (χ0) is 33.4. The first kappa shape index (κ1) is 29.5. The highest BCUT2D eigenvalue weighted by molar-refractivity contribution is 6.31. The summed E-state index contributed by atoms with van der Waals surface area (Å²) < 4.78 is 0. The average molecular weight is 645 g/mol. The lowest BCUT2D eigenvalue weighted by molar-refractivity contribution is 0.112. The zero-order valence-electron chi connectivity index (χ0n) is 27.2. The first-order chi connectivity index (χ1) is 24.7. The minimum Gasteiger partial charge on any atom is -0.378 e. The molecule has 9 rings (SSSR count). The number of aromatic amines is 1. The molecule has 0 saturated carbocycles. The van der Waals surface area contributed by atoms with Gasteiger partial charge in [0.1, 0.15) is 6.29 Å². The fourth-order valence-corrected chi connectivity index (χ4v) is 7.29. The third-order valence-electron chi connectivity index (χ3n) is 9.60. The summed E-state index contributed by atoms with van der Waals surface area (Å²) in [5.74, 6) is 0. The molecule has 0 fully saturated rings. The number of hydrogen-bond acceptors (Lipinski definition) is 4. The number of carbonyl (C=O) groups is 1. The third-order valence-corrected chi connectivity index (χ3v) is 9.60. The maximum absolute atomic E-state index is 11.6. The smallest absolute Gasteiger partial charge is 0.150 e. The van der Waals surface area contributed by atoms with Gasteiger partial charge in [0.15, 0.2) is 0 Å². The second kappa shape index (κ2) is 12.5. The molecule has 0 saturated heterocycles. The molecule has 8 bridgehead atoms. The lowest BCUT2D eigenvalue weighted by atomic mass is 9.95. The Kier molecular flexibility index (Phi) is 7.36. The molecule has 5 heterocycles. The normalized spacial score (nSPS) is 23.0. The van der Waals surface area contributed by atoms with Crippen molar-refractivity contribution < 1.29 is 4.79 Å². The monoisotopic (exact) mass is 644 g/mol. The van der Waals surface area contributed by atoms with Gasteiger partial charge in [-0.15, -0.1) is 0 Å². The van der Waals surface area contributed by atoms with E-state index in [1.165, 1.54) is 0 Å². The van der Waals surface area contributed by atoms with E-state index in [2.05, 4.69) is 132 Å². The van der Waals surface area contributed by atoms with Crippen molar-refractivity contribution in [1.82, 2.24) is 10.3 Å². The van der Waals surface area contributed by atoms with Gasteiger partial charge in [-0.1, -0.05) is 121 Å². The van der Waals surface area contributed by atoms with Crippen LogP contribution in [-0.4, -0.2) is 28.7 Å². The number of hydrogen-bond donors (Lipinski definition) is 2. The topological polar surface area (TPSA) is 69.6 Å². The summed E-state index contributed by atoms with van der Waals surface area (Å²) in [5.41, 5.74) is 13.7. The van der Waals surface area contributed by atoms with E-state index in [4.69, 9.17) is 9.98 Å². The van der Waals surface area contributed by atoms with E-state index in [-0.39, 0.29) is 6.04 Å². The lowest BCUT2D eigenvalue weighted by Crippen LogP contribution is -2.25. The van der Waals surface area contributed by atoms with Gasteiger partial charge in [0.05, 0.1) is 28.9 Å². The molecular formula is C45H32N4O. The van der Waals surface area contributed by atoms with Gasteiger partial charge >= 0.3 is 0 Å². The first-order valence-corrected chi connectivity index (χ1v) is 16.9. The standard InChI is InChI=1S/C45H32N4O/c50-28-29-16-18-33(19-17-29)45-40-26-24-38(48-40)43(31-12-6-2-7-13-31)36-22-20-34(46-36)42(30-10-4-1-5-11-30)35-21-23-37(47-35)44(32-14-8-3-9-15-32)39-25-27-41(45)49-39/h1-20,22-28,35,47-48H,21H2/b42-34-,43-38-,44-39-,45-40-. The molecule has 5 heteroatoms. The van der Waals surface area contributed by atoms with E-state index in [0.717, 1.165) is 96.5 Å². The van der Waals surface area contributed by atoms with Crippen molar-refractivity contribution in [2.45, 2.75) is 12.5 Å². The molecule has 0 aliphatic carbocycles. The molecule has 0 spiro atoms. The number of aldehydes is 1. The fourth-order valence-electron chi connectivity index (χ4n) is 7.29. The number of nitrogens with one attached hydrogen (secondary N) is 2. The second-order valence-electron chi connectivity index (χ2n) is 12.6. The van der Waals surface area contributed by atoms with E-state index >= 15 is 0 Å². The SMILES string of the molecule is O=Cc1ccc(/C2=c3\cc/c([nH]3)=C(\c3ccccc3)C3=N/C(=C(/c4ccccc4)C4CC=C(N4)/C(c4ccccc4)=C4/C=CC2=N4)C=C3)cc1. The Morgan fingerprint density at radius 3 is 1.66 bits per heavy atom. The van der Waals surface area contributed by atoms with Gasteiger partial charge in [-0.2, -0.15) is 0 Å². The van der Waals surface area contributed by atoms with Crippen LogP contribution in [0.2, 0.25) is 0 Å². The molecule has 5 nitrogen and oxygen atoms in total. The Morgan fingerprint density at radius 2 is 1.06 bits per heavy atom. The molecular weight excluding hydrogens is 613 g/mol. The van der Waals surface area contributed by atoms with Crippen molar-refractivity contribution in [1.29, 1.82) is 0 Å². The molecule has 4 aromatic carbocycles. The first-order valence-electron chi connectivity index (χ1n) is 16.9. The van der Waals surface area contributed by atoms with E-state index in [1.807, 2.05) is 36.4 Å². The largest absolute Gasteiger partial charge is 0.378 e. The number of H-pyrrole nitrogens is 1. The van der Waals surface area contributed by atoms with Gasteiger partial charge in [0.25, 0.3) is 0 Å². The maximum atomic E-state index is 11.6. The Labute approximate surface area is 290 Å². The van der Waals surface area contributed by atoms with Gasteiger partial charge in [-0.05, 0) is 65.1 Å². The Bertz CT molecular complexity index is 2510. The van der Waals surface area contributed by atoms with Crippen molar-refractivity contribution in [2.24, 2.45) is 9.98 Å². The molecule has 50 heavy (non-hydrogen) atoms. The van der Waals surface area contributed by atoms with Gasteiger partial charge in [-0.3, -0.25) is 4.79 Å². The number of aromatic nitrogens is 1. The number of carbonyl (C=O) groups excluding carboxylic acids is 1. The number of benzene rings is 4. The quantitative estimate of drug-likeness (QED) is 0.197. The van der Waals surface area contributed by atoms with Crippen LogP contribution in [0.15, 0.2) is 185 Å².